The number of aromatic nitrogens is 4. The summed E-state index contributed by atoms with van der Waals surface area (Å²) in [5.41, 5.74) is 0.909. The first-order chi connectivity index (χ1) is 14.3. The summed E-state index contributed by atoms with van der Waals surface area (Å²) in [7, 11) is 0. The number of unbranched alkanes of at least 4 members (excludes halogenated alkanes) is 4. The monoisotopic (exact) mass is 397 g/mol. The van der Waals surface area contributed by atoms with Crippen LogP contribution in [0.5, 0.6) is 5.75 Å². The highest BCUT2D eigenvalue weighted by Crippen LogP contribution is 2.25. The van der Waals surface area contributed by atoms with Crippen LogP contribution in [0.3, 0.4) is 0 Å². The van der Waals surface area contributed by atoms with E-state index in [1.54, 1.807) is 0 Å². The number of rotatable bonds is 11. The molecule has 6 nitrogen and oxygen atoms in total. The van der Waals surface area contributed by atoms with Gasteiger partial charge in [0.25, 0.3) is 5.95 Å². The Hall–Kier alpha value is -2.24. The van der Waals surface area contributed by atoms with E-state index in [-0.39, 0.29) is 0 Å². The molecule has 1 fully saturated rings. The predicted octanol–water partition coefficient (Wildman–Crippen LogP) is 5.30. The number of anilines is 1. The van der Waals surface area contributed by atoms with Gasteiger partial charge in [-0.25, -0.2) is 0 Å². The standard InChI is InChI=1S/C23H35N5O/c1-3-5-7-9-19-14-16-28(17-15-19)23-26-24-22(25-27-23)20-10-12-21(13-11-20)29-18-8-6-4-2/h10-13,19H,3-9,14-18H2,1-2H3. The zero-order valence-electron chi connectivity index (χ0n) is 18.0. The van der Waals surface area contributed by atoms with E-state index in [9.17, 15) is 0 Å². The molecule has 1 aliphatic rings. The summed E-state index contributed by atoms with van der Waals surface area (Å²) in [6.45, 7) is 7.23. The second-order valence-corrected chi connectivity index (χ2v) is 8.03. The SMILES string of the molecule is CCCCCOc1ccc(-c2nnc(N3CCC(CCCCC)CC3)nn2)cc1. The van der Waals surface area contributed by atoms with E-state index >= 15 is 0 Å². The Morgan fingerprint density at radius 2 is 1.52 bits per heavy atom. The van der Waals surface area contributed by atoms with Crippen LogP contribution in [-0.4, -0.2) is 40.1 Å². The maximum Gasteiger partial charge on any atom is 0.264 e. The molecule has 0 spiro atoms. The Bertz CT molecular complexity index is 696. The number of hydrogen-bond acceptors (Lipinski definition) is 6. The van der Waals surface area contributed by atoms with Crippen molar-refractivity contribution in [2.24, 2.45) is 5.92 Å². The van der Waals surface area contributed by atoms with Crippen LogP contribution in [0.4, 0.5) is 5.95 Å². The number of nitrogens with zero attached hydrogens (tertiary/aromatic N) is 5. The third-order valence-electron chi connectivity index (χ3n) is 5.71. The molecule has 0 amide bonds. The number of benzene rings is 1. The average molecular weight is 398 g/mol. The topological polar surface area (TPSA) is 64.0 Å². The minimum absolute atomic E-state index is 0.556. The van der Waals surface area contributed by atoms with Crippen molar-refractivity contribution >= 4 is 5.95 Å². The molecule has 1 aromatic heterocycles. The van der Waals surface area contributed by atoms with E-state index in [1.165, 1.54) is 51.4 Å². The maximum atomic E-state index is 5.76. The zero-order chi connectivity index (χ0) is 20.3. The molecule has 3 rings (SSSR count). The van der Waals surface area contributed by atoms with Crippen LogP contribution < -0.4 is 9.64 Å². The van der Waals surface area contributed by atoms with Gasteiger partial charge in [-0.05, 0) is 49.4 Å². The van der Waals surface area contributed by atoms with Crippen LogP contribution in [0.25, 0.3) is 11.4 Å². The van der Waals surface area contributed by atoms with Crippen molar-refractivity contribution in [2.75, 3.05) is 24.6 Å². The lowest BCUT2D eigenvalue weighted by molar-refractivity contribution is 0.306. The summed E-state index contributed by atoms with van der Waals surface area (Å²) in [5, 5.41) is 17.3. The Balaban J connectivity index is 1.49. The molecular formula is C23H35N5O. The second kappa shape index (κ2) is 11.7. The molecular weight excluding hydrogens is 362 g/mol. The van der Waals surface area contributed by atoms with Crippen molar-refractivity contribution < 1.29 is 4.74 Å². The fraction of sp³-hybridized carbons (Fsp3) is 0.652. The molecule has 1 aromatic carbocycles. The van der Waals surface area contributed by atoms with Gasteiger partial charge in [-0.1, -0.05) is 52.4 Å². The van der Waals surface area contributed by atoms with Gasteiger partial charge in [0, 0.05) is 18.7 Å². The Morgan fingerprint density at radius 3 is 2.17 bits per heavy atom. The minimum atomic E-state index is 0.556. The lowest BCUT2D eigenvalue weighted by Gasteiger charge is -2.31. The molecule has 1 aliphatic heterocycles. The molecule has 2 aromatic rings. The number of hydrogen-bond donors (Lipinski definition) is 0. The maximum absolute atomic E-state index is 5.76. The van der Waals surface area contributed by atoms with E-state index in [4.69, 9.17) is 4.74 Å². The molecule has 1 saturated heterocycles. The van der Waals surface area contributed by atoms with E-state index in [0.29, 0.717) is 11.8 Å². The highest BCUT2D eigenvalue weighted by Gasteiger charge is 2.21. The Labute approximate surface area is 175 Å². The largest absolute Gasteiger partial charge is 0.494 e. The fourth-order valence-corrected chi connectivity index (χ4v) is 3.81. The van der Waals surface area contributed by atoms with Gasteiger partial charge in [-0.2, -0.15) is 0 Å². The molecule has 0 unspecified atom stereocenters. The zero-order valence-corrected chi connectivity index (χ0v) is 18.0. The number of ether oxygens (including phenoxy) is 1. The Morgan fingerprint density at radius 1 is 0.862 bits per heavy atom. The fourth-order valence-electron chi connectivity index (χ4n) is 3.81. The van der Waals surface area contributed by atoms with Crippen molar-refractivity contribution in [1.82, 2.24) is 20.4 Å². The van der Waals surface area contributed by atoms with Gasteiger partial charge < -0.3 is 9.64 Å². The van der Waals surface area contributed by atoms with Crippen LogP contribution in [-0.2, 0) is 0 Å². The molecule has 6 heteroatoms. The molecule has 0 bridgehead atoms. The molecule has 0 saturated carbocycles. The van der Waals surface area contributed by atoms with Gasteiger partial charge >= 0.3 is 0 Å². The third-order valence-corrected chi connectivity index (χ3v) is 5.71. The normalized spacial score (nSPS) is 14.9. The first-order valence-corrected chi connectivity index (χ1v) is 11.4. The van der Waals surface area contributed by atoms with Crippen molar-refractivity contribution in [2.45, 2.75) is 71.6 Å². The predicted molar refractivity (Wildman–Crippen MR) is 117 cm³/mol. The number of piperidine rings is 1. The van der Waals surface area contributed by atoms with Crippen molar-refractivity contribution in [3.63, 3.8) is 0 Å². The van der Waals surface area contributed by atoms with Gasteiger partial charge in [0.2, 0.25) is 5.82 Å². The molecule has 0 radical (unpaired) electrons. The molecule has 0 atom stereocenters. The summed E-state index contributed by atoms with van der Waals surface area (Å²) in [6.07, 6.45) is 11.3. The van der Waals surface area contributed by atoms with Crippen LogP contribution >= 0.6 is 0 Å². The smallest absolute Gasteiger partial charge is 0.264 e. The summed E-state index contributed by atoms with van der Waals surface area (Å²) in [5.74, 6) is 2.93. The van der Waals surface area contributed by atoms with Crippen LogP contribution in [0.15, 0.2) is 24.3 Å². The first kappa shape index (κ1) is 21.5. The van der Waals surface area contributed by atoms with Crippen molar-refractivity contribution in [3.8, 4) is 17.1 Å². The van der Waals surface area contributed by atoms with Crippen molar-refractivity contribution in [3.05, 3.63) is 24.3 Å². The van der Waals surface area contributed by atoms with E-state index in [1.807, 2.05) is 24.3 Å². The summed E-state index contributed by atoms with van der Waals surface area (Å²) < 4.78 is 5.76. The van der Waals surface area contributed by atoms with Gasteiger partial charge in [0.1, 0.15) is 5.75 Å². The van der Waals surface area contributed by atoms with E-state index < -0.39 is 0 Å². The van der Waals surface area contributed by atoms with Gasteiger partial charge in [-0.3, -0.25) is 0 Å². The lowest BCUT2D eigenvalue weighted by atomic mass is 9.91. The van der Waals surface area contributed by atoms with Gasteiger partial charge in [0.05, 0.1) is 6.61 Å². The summed E-state index contributed by atoms with van der Waals surface area (Å²) in [6, 6.07) is 7.86. The van der Waals surface area contributed by atoms with Crippen LogP contribution in [0.2, 0.25) is 0 Å². The van der Waals surface area contributed by atoms with Gasteiger partial charge in [-0.15, -0.1) is 20.4 Å². The molecule has 2 heterocycles. The average Bonchev–Trinajstić information content (AvgIpc) is 2.78. The molecule has 158 valence electrons. The third kappa shape index (κ3) is 6.65. The van der Waals surface area contributed by atoms with E-state index in [2.05, 4.69) is 39.1 Å². The van der Waals surface area contributed by atoms with Crippen LogP contribution in [0, 0.1) is 5.92 Å². The Kier molecular flexibility index (Phi) is 8.65. The van der Waals surface area contributed by atoms with Gasteiger partial charge in [0.15, 0.2) is 0 Å². The molecule has 0 N–H and O–H groups in total. The molecule has 29 heavy (non-hydrogen) atoms. The minimum Gasteiger partial charge on any atom is -0.494 e. The van der Waals surface area contributed by atoms with Crippen molar-refractivity contribution in [1.29, 1.82) is 0 Å². The second-order valence-electron chi connectivity index (χ2n) is 8.03. The quantitative estimate of drug-likeness (QED) is 0.479. The molecule has 0 aliphatic carbocycles. The highest BCUT2D eigenvalue weighted by molar-refractivity contribution is 5.55. The highest BCUT2D eigenvalue weighted by atomic mass is 16.5. The first-order valence-electron chi connectivity index (χ1n) is 11.4. The van der Waals surface area contributed by atoms with E-state index in [0.717, 1.165) is 43.3 Å². The van der Waals surface area contributed by atoms with Crippen LogP contribution in [0.1, 0.15) is 71.6 Å². The summed E-state index contributed by atoms with van der Waals surface area (Å²) >= 11 is 0. The lowest BCUT2D eigenvalue weighted by Crippen LogP contribution is -2.35. The summed E-state index contributed by atoms with van der Waals surface area (Å²) in [4.78, 5) is 2.22.